The van der Waals surface area contributed by atoms with Gasteiger partial charge in [0.25, 0.3) is 5.91 Å². The second kappa shape index (κ2) is 7.09. The number of hydrogen-bond acceptors (Lipinski definition) is 7. The molecule has 0 saturated heterocycles. The van der Waals surface area contributed by atoms with Gasteiger partial charge >= 0.3 is 5.69 Å². The highest BCUT2D eigenvalue weighted by Gasteiger charge is 2.17. The van der Waals surface area contributed by atoms with Crippen LogP contribution in [0.25, 0.3) is 0 Å². The maximum atomic E-state index is 12.0. The average Bonchev–Trinajstić information content (AvgIpc) is 2.56. The lowest BCUT2D eigenvalue weighted by Crippen LogP contribution is -2.18. The number of amides is 1. The van der Waals surface area contributed by atoms with Crippen LogP contribution in [0.15, 0.2) is 41.5 Å². The van der Waals surface area contributed by atoms with Crippen LogP contribution in [0.4, 0.5) is 5.69 Å². The number of aromatic hydroxyl groups is 2. The maximum absolute atomic E-state index is 12.0. The molecule has 24 heavy (non-hydrogen) atoms. The molecule has 0 aliphatic carbocycles. The SMILES string of the molecule is COc1ccccc1C(=O)N/N=C/c1cc([N+](=O)[O-])c(O)cc1O. The summed E-state index contributed by atoms with van der Waals surface area (Å²) in [4.78, 5) is 22.0. The number of nitro benzene ring substituents is 1. The first-order chi connectivity index (χ1) is 11.4. The van der Waals surface area contributed by atoms with Crippen LogP contribution in [0.3, 0.4) is 0 Å². The summed E-state index contributed by atoms with van der Waals surface area (Å²) in [6, 6.07) is 8.24. The van der Waals surface area contributed by atoms with E-state index >= 15 is 0 Å². The number of benzene rings is 2. The summed E-state index contributed by atoms with van der Waals surface area (Å²) in [5.74, 6) is -1.30. The maximum Gasteiger partial charge on any atom is 0.311 e. The third-order valence-electron chi connectivity index (χ3n) is 3.04. The molecule has 0 saturated carbocycles. The molecule has 0 heterocycles. The Morgan fingerprint density at radius 1 is 1.29 bits per heavy atom. The van der Waals surface area contributed by atoms with E-state index < -0.39 is 28.0 Å². The molecule has 0 unspecified atom stereocenters. The monoisotopic (exact) mass is 331 g/mol. The topological polar surface area (TPSA) is 134 Å². The van der Waals surface area contributed by atoms with E-state index in [-0.39, 0.29) is 11.1 Å². The van der Waals surface area contributed by atoms with Crippen LogP contribution in [0.2, 0.25) is 0 Å². The Kier molecular flexibility index (Phi) is 4.95. The molecule has 2 aromatic carbocycles. The Morgan fingerprint density at radius 2 is 2.00 bits per heavy atom. The number of nitrogens with zero attached hydrogens (tertiary/aromatic N) is 2. The van der Waals surface area contributed by atoms with Crippen molar-refractivity contribution in [2.75, 3.05) is 7.11 Å². The van der Waals surface area contributed by atoms with Crippen LogP contribution < -0.4 is 10.2 Å². The highest BCUT2D eigenvalue weighted by molar-refractivity contribution is 5.97. The first-order valence-electron chi connectivity index (χ1n) is 6.60. The van der Waals surface area contributed by atoms with Gasteiger partial charge in [0.05, 0.1) is 23.8 Å². The summed E-state index contributed by atoms with van der Waals surface area (Å²) >= 11 is 0. The molecule has 9 nitrogen and oxygen atoms in total. The van der Waals surface area contributed by atoms with Gasteiger partial charge in [-0.2, -0.15) is 5.10 Å². The van der Waals surface area contributed by atoms with Gasteiger partial charge < -0.3 is 14.9 Å². The quantitative estimate of drug-likeness (QED) is 0.434. The molecule has 0 spiro atoms. The lowest BCUT2D eigenvalue weighted by Gasteiger charge is -2.06. The Hall–Kier alpha value is -3.62. The third-order valence-corrected chi connectivity index (χ3v) is 3.04. The predicted molar refractivity (Wildman–Crippen MR) is 84.5 cm³/mol. The highest BCUT2D eigenvalue weighted by atomic mass is 16.6. The van der Waals surface area contributed by atoms with Crippen LogP contribution in [-0.2, 0) is 0 Å². The number of hydrogen-bond donors (Lipinski definition) is 3. The molecule has 2 aromatic rings. The van der Waals surface area contributed by atoms with E-state index in [4.69, 9.17) is 4.74 Å². The van der Waals surface area contributed by atoms with Crippen LogP contribution in [0, 0.1) is 10.1 Å². The number of nitro groups is 1. The molecule has 0 atom stereocenters. The second-order valence-electron chi connectivity index (χ2n) is 4.56. The number of phenols is 2. The number of carbonyl (C=O) groups excluding carboxylic acids is 1. The summed E-state index contributed by atoms with van der Waals surface area (Å²) in [6.45, 7) is 0. The fourth-order valence-corrected chi connectivity index (χ4v) is 1.88. The standard InChI is InChI=1S/C15H13N3O6/c1-24-14-5-3-2-4-10(14)15(21)17-16-8-9-6-11(18(22)23)13(20)7-12(9)19/h2-8,19-20H,1H3,(H,17,21)/b16-8+. The van der Waals surface area contributed by atoms with Gasteiger partial charge in [-0.25, -0.2) is 5.43 Å². The predicted octanol–water partition coefficient (Wildman–Crippen LogP) is 1.78. The molecule has 1 amide bonds. The van der Waals surface area contributed by atoms with Crippen molar-refractivity contribution in [2.24, 2.45) is 5.10 Å². The summed E-state index contributed by atoms with van der Waals surface area (Å²) in [7, 11) is 1.42. The summed E-state index contributed by atoms with van der Waals surface area (Å²) in [6.07, 6.45) is 1.02. The fraction of sp³-hybridized carbons (Fsp3) is 0.0667. The Morgan fingerprint density at radius 3 is 2.67 bits per heavy atom. The minimum absolute atomic E-state index is 0.0418. The van der Waals surface area contributed by atoms with Gasteiger partial charge in [-0.05, 0) is 12.1 Å². The van der Waals surface area contributed by atoms with Crippen molar-refractivity contribution >= 4 is 17.8 Å². The van der Waals surface area contributed by atoms with Crippen molar-refractivity contribution in [1.29, 1.82) is 0 Å². The lowest BCUT2D eigenvalue weighted by molar-refractivity contribution is -0.385. The van der Waals surface area contributed by atoms with E-state index in [1.807, 2.05) is 0 Å². The van der Waals surface area contributed by atoms with Gasteiger partial charge in [-0.3, -0.25) is 14.9 Å². The second-order valence-corrected chi connectivity index (χ2v) is 4.56. The molecule has 0 fully saturated rings. The van der Waals surface area contributed by atoms with E-state index in [1.54, 1.807) is 18.2 Å². The van der Waals surface area contributed by atoms with Crippen molar-refractivity contribution in [3.05, 3.63) is 57.6 Å². The van der Waals surface area contributed by atoms with Crippen LogP contribution in [0.1, 0.15) is 15.9 Å². The van der Waals surface area contributed by atoms with Gasteiger partial charge in [0.1, 0.15) is 11.5 Å². The van der Waals surface area contributed by atoms with Crippen LogP contribution >= 0.6 is 0 Å². The zero-order chi connectivity index (χ0) is 17.7. The van der Waals surface area contributed by atoms with E-state index in [1.165, 1.54) is 13.2 Å². The number of hydrazone groups is 1. The molecular weight excluding hydrogens is 318 g/mol. The molecule has 0 aromatic heterocycles. The van der Waals surface area contributed by atoms with Gasteiger partial charge in [-0.1, -0.05) is 12.1 Å². The van der Waals surface area contributed by atoms with Crippen LogP contribution in [-0.4, -0.2) is 34.4 Å². The van der Waals surface area contributed by atoms with Gasteiger partial charge in [0.2, 0.25) is 0 Å². The molecule has 2 rings (SSSR count). The summed E-state index contributed by atoms with van der Waals surface area (Å²) < 4.78 is 5.05. The van der Waals surface area contributed by atoms with Gasteiger partial charge in [-0.15, -0.1) is 0 Å². The fourth-order valence-electron chi connectivity index (χ4n) is 1.88. The van der Waals surface area contributed by atoms with Crippen molar-refractivity contribution < 1.29 is 24.7 Å². The van der Waals surface area contributed by atoms with E-state index in [0.717, 1.165) is 18.3 Å². The number of carbonyl (C=O) groups is 1. The molecule has 0 aliphatic heterocycles. The number of nitrogens with one attached hydrogen (secondary N) is 1. The van der Waals surface area contributed by atoms with E-state index in [9.17, 15) is 25.1 Å². The highest BCUT2D eigenvalue weighted by Crippen LogP contribution is 2.31. The smallest absolute Gasteiger partial charge is 0.311 e. The minimum atomic E-state index is -0.806. The van der Waals surface area contributed by atoms with Crippen molar-refractivity contribution in [2.45, 2.75) is 0 Å². The van der Waals surface area contributed by atoms with Crippen molar-refractivity contribution in [3.63, 3.8) is 0 Å². The Balaban J connectivity index is 2.19. The average molecular weight is 331 g/mol. The first kappa shape index (κ1) is 16.7. The zero-order valence-electron chi connectivity index (χ0n) is 12.5. The van der Waals surface area contributed by atoms with Gasteiger partial charge in [0.15, 0.2) is 5.75 Å². The van der Waals surface area contributed by atoms with E-state index in [2.05, 4.69) is 10.5 Å². The largest absolute Gasteiger partial charge is 0.507 e. The first-order valence-corrected chi connectivity index (χ1v) is 6.60. The number of methoxy groups -OCH3 is 1. The lowest BCUT2D eigenvalue weighted by atomic mass is 10.2. The number of phenolic OH excluding ortho intramolecular Hbond substituents is 2. The molecule has 3 N–H and O–H groups in total. The van der Waals surface area contributed by atoms with E-state index in [0.29, 0.717) is 5.75 Å². The molecule has 0 bridgehead atoms. The third kappa shape index (κ3) is 3.58. The van der Waals surface area contributed by atoms with Gasteiger partial charge in [0, 0.05) is 17.7 Å². The number of para-hydroxylation sites is 1. The molecular formula is C15H13N3O6. The number of rotatable bonds is 5. The molecule has 0 aliphatic rings. The molecule has 124 valence electrons. The number of ether oxygens (including phenoxy) is 1. The normalized spacial score (nSPS) is 10.5. The summed E-state index contributed by atoms with van der Waals surface area (Å²) in [5, 5.41) is 33.4. The Bertz CT molecular complexity index is 819. The Labute approximate surface area is 136 Å². The zero-order valence-corrected chi connectivity index (χ0v) is 12.5. The summed E-state index contributed by atoms with van der Waals surface area (Å²) in [5.41, 5.74) is 1.83. The van der Waals surface area contributed by atoms with Crippen molar-refractivity contribution in [1.82, 2.24) is 5.43 Å². The molecule has 9 heteroatoms. The van der Waals surface area contributed by atoms with Crippen LogP contribution in [0.5, 0.6) is 17.2 Å². The van der Waals surface area contributed by atoms with Crippen molar-refractivity contribution in [3.8, 4) is 17.2 Å². The minimum Gasteiger partial charge on any atom is -0.507 e. The molecule has 0 radical (unpaired) electrons.